The number of hydrogen-bond acceptors (Lipinski definition) is 2. The zero-order valence-corrected chi connectivity index (χ0v) is 11.5. The van der Waals surface area contributed by atoms with Crippen molar-refractivity contribution in [2.75, 3.05) is 6.54 Å². The van der Waals surface area contributed by atoms with Crippen LogP contribution in [0.15, 0.2) is 48.5 Å². The molecule has 2 atom stereocenters. The Morgan fingerprint density at radius 1 is 0.950 bits per heavy atom. The quantitative estimate of drug-likeness (QED) is 0.831. The van der Waals surface area contributed by atoms with E-state index in [2.05, 4.69) is 47.8 Å². The average Bonchev–Trinajstić information content (AvgIpc) is 2.86. The molecule has 1 aliphatic heterocycles. The molecule has 4 rings (SSSR count). The molecule has 0 amide bonds. The lowest BCUT2D eigenvalue weighted by atomic mass is 9.80. The monoisotopic (exact) mass is 265 g/mol. The molecule has 2 N–H and O–H groups in total. The van der Waals surface area contributed by atoms with Crippen molar-refractivity contribution in [3.63, 3.8) is 0 Å². The summed E-state index contributed by atoms with van der Waals surface area (Å²) in [6.45, 7) is 0.937. The Morgan fingerprint density at radius 2 is 1.70 bits per heavy atom. The number of rotatable bonds is 1. The van der Waals surface area contributed by atoms with Gasteiger partial charge in [0.25, 0.3) is 0 Å². The van der Waals surface area contributed by atoms with Crippen LogP contribution in [-0.2, 0) is 18.4 Å². The third-order valence-corrected chi connectivity index (χ3v) is 4.85. The molecule has 0 spiro atoms. The third-order valence-electron chi connectivity index (χ3n) is 4.85. The second kappa shape index (κ2) is 4.44. The molecule has 2 nitrogen and oxygen atoms in total. The van der Waals surface area contributed by atoms with Crippen LogP contribution in [0.2, 0.25) is 0 Å². The van der Waals surface area contributed by atoms with Crippen molar-refractivity contribution in [3.05, 3.63) is 70.8 Å². The van der Waals surface area contributed by atoms with Crippen molar-refractivity contribution in [2.45, 2.75) is 30.9 Å². The summed E-state index contributed by atoms with van der Waals surface area (Å²) in [6.07, 6.45) is 2.82. The molecule has 1 aliphatic carbocycles. The van der Waals surface area contributed by atoms with Crippen LogP contribution >= 0.6 is 0 Å². The highest BCUT2D eigenvalue weighted by molar-refractivity contribution is 5.43. The van der Waals surface area contributed by atoms with E-state index in [-0.39, 0.29) is 6.04 Å². The summed E-state index contributed by atoms with van der Waals surface area (Å²) in [5, 5.41) is 14.9. The molecule has 2 unspecified atom stereocenters. The van der Waals surface area contributed by atoms with Gasteiger partial charge in [-0.3, -0.25) is 0 Å². The van der Waals surface area contributed by atoms with E-state index < -0.39 is 5.60 Å². The van der Waals surface area contributed by atoms with Crippen LogP contribution in [-0.4, -0.2) is 11.7 Å². The third kappa shape index (κ3) is 1.65. The van der Waals surface area contributed by atoms with E-state index in [1.165, 1.54) is 16.7 Å². The van der Waals surface area contributed by atoms with Gasteiger partial charge in [0.15, 0.2) is 0 Å². The summed E-state index contributed by atoms with van der Waals surface area (Å²) in [5.41, 5.74) is 4.26. The highest BCUT2D eigenvalue weighted by atomic mass is 16.3. The van der Waals surface area contributed by atoms with Gasteiger partial charge in [0.1, 0.15) is 5.60 Å². The Bertz CT molecular complexity index is 651. The minimum Gasteiger partial charge on any atom is -0.383 e. The Kier molecular flexibility index (Phi) is 2.69. The zero-order chi connectivity index (χ0) is 13.6. The number of aliphatic hydroxyl groups is 1. The van der Waals surface area contributed by atoms with E-state index in [1.807, 2.05) is 6.07 Å². The first-order valence-corrected chi connectivity index (χ1v) is 7.41. The van der Waals surface area contributed by atoms with Crippen molar-refractivity contribution in [3.8, 4) is 0 Å². The maximum Gasteiger partial charge on any atom is 0.110 e. The van der Waals surface area contributed by atoms with E-state index in [0.29, 0.717) is 0 Å². The topological polar surface area (TPSA) is 32.3 Å². The van der Waals surface area contributed by atoms with Crippen molar-refractivity contribution < 1.29 is 5.11 Å². The normalized spacial score (nSPS) is 27.9. The zero-order valence-electron chi connectivity index (χ0n) is 11.5. The second-order valence-electron chi connectivity index (χ2n) is 5.92. The standard InChI is InChI=1S/C18H19NO/c20-18(11-9-14-6-2-4-8-16(14)18)17-15-7-3-1-5-13(15)10-12-19-17/h1-8,17,19-20H,9-12H2. The van der Waals surface area contributed by atoms with Gasteiger partial charge < -0.3 is 10.4 Å². The van der Waals surface area contributed by atoms with Gasteiger partial charge in [-0.1, -0.05) is 48.5 Å². The molecule has 102 valence electrons. The first-order chi connectivity index (χ1) is 9.79. The van der Waals surface area contributed by atoms with Crippen LogP contribution in [0.5, 0.6) is 0 Å². The molecular formula is C18H19NO. The van der Waals surface area contributed by atoms with E-state index in [4.69, 9.17) is 0 Å². The maximum atomic E-state index is 11.4. The smallest absolute Gasteiger partial charge is 0.110 e. The number of hydrogen-bond donors (Lipinski definition) is 2. The van der Waals surface area contributed by atoms with Crippen LogP contribution in [0.4, 0.5) is 0 Å². The van der Waals surface area contributed by atoms with Gasteiger partial charge >= 0.3 is 0 Å². The SMILES string of the molecule is OC1(C2NCCc3ccccc32)CCc2ccccc21. The van der Waals surface area contributed by atoms with Gasteiger partial charge in [0.05, 0.1) is 6.04 Å². The summed E-state index contributed by atoms with van der Waals surface area (Å²) in [4.78, 5) is 0. The predicted octanol–water partition coefficient (Wildman–Crippen LogP) is 2.71. The number of benzene rings is 2. The largest absolute Gasteiger partial charge is 0.383 e. The molecule has 0 aromatic heterocycles. The van der Waals surface area contributed by atoms with Gasteiger partial charge in [-0.15, -0.1) is 0 Å². The second-order valence-corrected chi connectivity index (χ2v) is 5.92. The fourth-order valence-electron chi connectivity index (χ4n) is 3.85. The van der Waals surface area contributed by atoms with Crippen LogP contribution < -0.4 is 5.32 Å². The lowest BCUT2D eigenvalue weighted by Crippen LogP contribution is -2.44. The van der Waals surface area contributed by atoms with Gasteiger partial charge in [-0.2, -0.15) is 0 Å². The molecule has 0 saturated heterocycles. The summed E-state index contributed by atoms with van der Waals surface area (Å²) in [5.74, 6) is 0. The van der Waals surface area contributed by atoms with E-state index in [0.717, 1.165) is 31.4 Å². The van der Waals surface area contributed by atoms with Crippen LogP contribution in [0.25, 0.3) is 0 Å². The number of nitrogens with one attached hydrogen (secondary N) is 1. The molecule has 1 heterocycles. The lowest BCUT2D eigenvalue weighted by Gasteiger charge is -2.38. The molecule has 0 bridgehead atoms. The highest BCUT2D eigenvalue weighted by Crippen LogP contribution is 2.46. The Labute approximate surface area is 119 Å². The molecule has 0 saturated carbocycles. The van der Waals surface area contributed by atoms with E-state index >= 15 is 0 Å². The molecule has 2 aliphatic rings. The van der Waals surface area contributed by atoms with Crippen LogP contribution in [0, 0.1) is 0 Å². The molecule has 2 aromatic rings. The molecule has 2 aromatic carbocycles. The van der Waals surface area contributed by atoms with Crippen molar-refractivity contribution >= 4 is 0 Å². The predicted molar refractivity (Wildman–Crippen MR) is 79.5 cm³/mol. The van der Waals surface area contributed by atoms with Gasteiger partial charge in [-0.05, 0) is 48.1 Å². The van der Waals surface area contributed by atoms with Crippen molar-refractivity contribution in [1.29, 1.82) is 0 Å². The number of aryl methyl sites for hydroxylation is 1. The molecule has 0 radical (unpaired) electrons. The van der Waals surface area contributed by atoms with Crippen LogP contribution in [0.3, 0.4) is 0 Å². The Balaban J connectivity index is 1.83. The minimum absolute atomic E-state index is 0.0103. The summed E-state index contributed by atoms with van der Waals surface area (Å²) < 4.78 is 0. The first-order valence-electron chi connectivity index (χ1n) is 7.41. The minimum atomic E-state index is -0.771. The van der Waals surface area contributed by atoms with E-state index in [1.54, 1.807) is 0 Å². The van der Waals surface area contributed by atoms with Gasteiger partial charge in [0.2, 0.25) is 0 Å². The fraction of sp³-hybridized carbons (Fsp3) is 0.333. The van der Waals surface area contributed by atoms with Gasteiger partial charge in [0, 0.05) is 0 Å². The molecule has 0 fully saturated rings. The Hall–Kier alpha value is -1.64. The molecule has 2 heteroatoms. The molecular weight excluding hydrogens is 246 g/mol. The van der Waals surface area contributed by atoms with E-state index in [9.17, 15) is 5.11 Å². The Morgan fingerprint density at radius 3 is 2.60 bits per heavy atom. The average molecular weight is 265 g/mol. The maximum absolute atomic E-state index is 11.4. The fourth-order valence-corrected chi connectivity index (χ4v) is 3.85. The van der Waals surface area contributed by atoms with Crippen molar-refractivity contribution in [1.82, 2.24) is 5.32 Å². The van der Waals surface area contributed by atoms with Gasteiger partial charge in [-0.25, -0.2) is 0 Å². The lowest BCUT2D eigenvalue weighted by molar-refractivity contribution is -0.00500. The molecule has 20 heavy (non-hydrogen) atoms. The van der Waals surface area contributed by atoms with Crippen molar-refractivity contribution in [2.24, 2.45) is 0 Å². The summed E-state index contributed by atoms with van der Waals surface area (Å²) in [6, 6.07) is 16.8. The van der Waals surface area contributed by atoms with Crippen LogP contribution in [0.1, 0.15) is 34.7 Å². The first kappa shape index (κ1) is 12.1. The summed E-state index contributed by atoms with van der Waals surface area (Å²) in [7, 11) is 0. The summed E-state index contributed by atoms with van der Waals surface area (Å²) >= 11 is 0. The number of fused-ring (bicyclic) bond motifs is 2. The highest BCUT2D eigenvalue weighted by Gasteiger charge is 2.45.